The fourth-order valence-electron chi connectivity index (χ4n) is 3.51. The highest BCUT2D eigenvalue weighted by molar-refractivity contribution is 7.91. The molecule has 4 rings (SSSR count). The lowest BCUT2D eigenvalue weighted by molar-refractivity contribution is 0.0391. The topological polar surface area (TPSA) is 79.8 Å². The molecule has 0 N–H and O–H groups in total. The number of rotatable bonds is 6. The Hall–Kier alpha value is -1.75. The first-order valence-corrected chi connectivity index (χ1v) is 13.4. The van der Waals surface area contributed by atoms with Gasteiger partial charge in [0, 0.05) is 48.0 Å². The van der Waals surface area contributed by atoms with Gasteiger partial charge in [0.1, 0.15) is 5.52 Å². The zero-order chi connectivity index (χ0) is 22.9. The second-order valence-electron chi connectivity index (χ2n) is 7.44. The molecule has 32 heavy (non-hydrogen) atoms. The lowest BCUT2D eigenvalue weighted by Crippen LogP contribution is -2.43. The van der Waals surface area contributed by atoms with Crippen molar-refractivity contribution in [2.75, 3.05) is 50.5 Å². The van der Waals surface area contributed by atoms with Gasteiger partial charge in [-0.2, -0.15) is 0 Å². The van der Waals surface area contributed by atoms with E-state index < -0.39 is 9.84 Å². The number of fused-ring (bicyclic) bond motifs is 1. The van der Waals surface area contributed by atoms with E-state index >= 15 is 0 Å². The van der Waals surface area contributed by atoms with Crippen LogP contribution in [0.2, 0.25) is 10.0 Å². The number of aromatic nitrogens is 1. The van der Waals surface area contributed by atoms with Gasteiger partial charge in [-0.25, -0.2) is 13.4 Å². The van der Waals surface area contributed by atoms with Crippen LogP contribution >= 0.6 is 34.5 Å². The van der Waals surface area contributed by atoms with Crippen LogP contribution in [0.15, 0.2) is 41.3 Å². The highest BCUT2D eigenvalue weighted by atomic mass is 35.5. The van der Waals surface area contributed by atoms with Crippen LogP contribution in [0.1, 0.15) is 10.4 Å². The number of amides is 1. The molecule has 1 fully saturated rings. The first kappa shape index (κ1) is 23.4. The molecule has 170 valence electrons. The molecule has 3 aromatic rings. The maximum Gasteiger partial charge on any atom is 0.260 e. The number of sulfone groups is 1. The van der Waals surface area contributed by atoms with Crippen LogP contribution in [-0.4, -0.2) is 69.9 Å². The summed E-state index contributed by atoms with van der Waals surface area (Å²) in [5.41, 5.74) is 0.704. The number of para-hydroxylation sites is 1. The summed E-state index contributed by atoms with van der Waals surface area (Å²) in [5.74, 6) is -0.303. The molecule has 1 amide bonds. The summed E-state index contributed by atoms with van der Waals surface area (Å²) in [6.45, 7) is 3.86. The number of halogens is 2. The van der Waals surface area contributed by atoms with Crippen LogP contribution in [0.5, 0.6) is 0 Å². The minimum absolute atomic E-state index is 0.142. The zero-order valence-electron chi connectivity index (χ0n) is 17.3. The molecule has 1 aromatic heterocycles. The van der Waals surface area contributed by atoms with Gasteiger partial charge < -0.3 is 4.74 Å². The molecule has 11 heteroatoms. The Morgan fingerprint density at radius 1 is 1.19 bits per heavy atom. The minimum atomic E-state index is -3.47. The van der Waals surface area contributed by atoms with Crippen molar-refractivity contribution >= 4 is 65.6 Å². The molecule has 0 radical (unpaired) electrons. The van der Waals surface area contributed by atoms with Crippen LogP contribution < -0.4 is 4.90 Å². The minimum Gasteiger partial charge on any atom is -0.379 e. The van der Waals surface area contributed by atoms with Crippen LogP contribution in [0.4, 0.5) is 5.13 Å². The lowest BCUT2D eigenvalue weighted by atomic mass is 10.2. The van der Waals surface area contributed by atoms with Gasteiger partial charge in [0.15, 0.2) is 15.0 Å². The first-order chi connectivity index (χ1) is 15.2. The van der Waals surface area contributed by atoms with E-state index in [9.17, 15) is 13.2 Å². The van der Waals surface area contributed by atoms with Crippen molar-refractivity contribution in [2.24, 2.45) is 0 Å². The highest BCUT2D eigenvalue weighted by Crippen LogP contribution is 2.33. The van der Waals surface area contributed by atoms with Crippen molar-refractivity contribution in [3.63, 3.8) is 0 Å². The van der Waals surface area contributed by atoms with Crippen molar-refractivity contribution in [3.05, 3.63) is 52.0 Å². The fourth-order valence-corrected chi connectivity index (χ4v) is 5.95. The van der Waals surface area contributed by atoms with E-state index in [4.69, 9.17) is 27.9 Å². The molecule has 1 aliphatic rings. The van der Waals surface area contributed by atoms with E-state index in [1.54, 1.807) is 35.2 Å². The summed E-state index contributed by atoms with van der Waals surface area (Å²) >= 11 is 13.5. The predicted octanol–water partition coefficient (Wildman–Crippen LogP) is 3.99. The van der Waals surface area contributed by atoms with Crippen molar-refractivity contribution < 1.29 is 17.9 Å². The Kier molecular flexibility index (Phi) is 7.04. The standard InChI is InChI=1S/C21H21Cl2N3O4S2/c1-32(28,29)18-4-2-3-17-19(18)24-21(31-17)26(6-5-25-7-9-30-10-8-25)20(27)14-11-15(22)13-16(23)12-14/h2-4,11-13H,5-10H2,1H3. The summed E-state index contributed by atoms with van der Waals surface area (Å²) in [4.78, 5) is 22.0. The maximum absolute atomic E-state index is 13.5. The van der Waals surface area contributed by atoms with Crippen LogP contribution in [0, 0.1) is 0 Å². The number of hydrogen-bond donors (Lipinski definition) is 0. The second kappa shape index (κ2) is 9.62. The number of nitrogens with zero attached hydrogens (tertiary/aromatic N) is 3. The van der Waals surface area contributed by atoms with Crippen LogP contribution in [-0.2, 0) is 14.6 Å². The van der Waals surface area contributed by atoms with E-state index in [1.165, 1.54) is 17.4 Å². The van der Waals surface area contributed by atoms with Gasteiger partial charge in [-0.1, -0.05) is 40.6 Å². The molecule has 0 spiro atoms. The van der Waals surface area contributed by atoms with Gasteiger partial charge in [0.2, 0.25) is 0 Å². The molecule has 2 aromatic carbocycles. The van der Waals surface area contributed by atoms with Crippen LogP contribution in [0.25, 0.3) is 10.2 Å². The highest BCUT2D eigenvalue weighted by Gasteiger charge is 2.25. The predicted molar refractivity (Wildman–Crippen MR) is 128 cm³/mol. The summed E-state index contributed by atoms with van der Waals surface area (Å²) in [6.07, 6.45) is 1.15. The SMILES string of the molecule is CS(=O)(=O)c1cccc2sc(N(CCN3CCOCC3)C(=O)c3cc(Cl)cc(Cl)c3)nc12. The number of anilines is 1. The molecule has 0 aliphatic carbocycles. The van der Waals surface area contributed by atoms with E-state index in [1.807, 2.05) is 0 Å². The summed E-state index contributed by atoms with van der Waals surface area (Å²) in [7, 11) is -3.47. The van der Waals surface area contributed by atoms with Gasteiger partial charge in [0.25, 0.3) is 5.91 Å². The molecule has 0 saturated carbocycles. The Balaban J connectivity index is 1.73. The average molecular weight is 514 g/mol. The Morgan fingerprint density at radius 2 is 1.88 bits per heavy atom. The Labute approximate surface area is 200 Å². The Morgan fingerprint density at radius 3 is 2.53 bits per heavy atom. The normalized spacial score (nSPS) is 15.2. The second-order valence-corrected chi connectivity index (χ2v) is 11.3. The third-order valence-corrected chi connectivity index (χ3v) is 7.71. The number of carbonyl (C=O) groups is 1. The molecule has 0 bridgehead atoms. The number of benzene rings is 2. The van der Waals surface area contributed by atoms with Crippen LogP contribution in [0.3, 0.4) is 0 Å². The summed E-state index contributed by atoms with van der Waals surface area (Å²) < 4.78 is 30.5. The molecule has 7 nitrogen and oxygen atoms in total. The zero-order valence-corrected chi connectivity index (χ0v) is 20.4. The van der Waals surface area contributed by atoms with Gasteiger partial charge in [-0.15, -0.1) is 0 Å². The number of morpholine rings is 1. The number of hydrogen-bond acceptors (Lipinski definition) is 7. The smallest absolute Gasteiger partial charge is 0.260 e. The van der Waals surface area contributed by atoms with E-state index in [0.29, 0.717) is 57.3 Å². The van der Waals surface area contributed by atoms with E-state index in [0.717, 1.165) is 19.3 Å². The molecule has 2 heterocycles. The number of thiazole rings is 1. The third kappa shape index (κ3) is 5.24. The van der Waals surface area contributed by atoms with Gasteiger partial charge in [-0.3, -0.25) is 14.6 Å². The van der Waals surface area contributed by atoms with Crippen molar-refractivity contribution in [2.45, 2.75) is 4.90 Å². The quantitative estimate of drug-likeness (QED) is 0.495. The van der Waals surface area contributed by atoms with Crippen molar-refractivity contribution in [3.8, 4) is 0 Å². The fraction of sp³-hybridized carbons (Fsp3) is 0.333. The van der Waals surface area contributed by atoms with Crippen molar-refractivity contribution in [1.29, 1.82) is 0 Å². The molecule has 1 aliphatic heterocycles. The molecular formula is C21H21Cl2N3O4S2. The lowest BCUT2D eigenvalue weighted by Gasteiger charge is -2.29. The summed E-state index contributed by atoms with van der Waals surface area (Å²) in [5, 5.41) is 1.14. The first-order valence-electron chi connectivity index (χ1n) is 9.90. The van der Waals surface area contributed by atoms with Gasteiger partial charge in [-0.05, 0) is 30.3 Å². The van der Waals surface area contributed by atoms with E-state index in [2.05, 4.69) is 9.88 Å². The Bertz CT molecular complexity index is 1240. The number of carbonyl (C=O) groups excluding carboxylic acids is 1. The average Bonchev–Trinajstić information content (AvgIpc) is 3.17. The largest absolute Gasteiger partial charge is 0.379 e. The van der Waals surface area contributed by atoms with Gasteiger partial charge >= 0.3 is 0 Å². The number of ether oxygens (including phenoxy) is 1. The maximum atomic E-state index is 13.5. The molecule has 1 saturated heterocycles. The van der Waals surface area contributed by atoms with Crippen molar-refractivity contribution in [1.82, 2.24) is 9.88 Å². The third-order valence-electron chi connectivity index (χ3n) is 5.10. The summed E-state index contributed by atoms with van der Waals surface area (Å²) in [6, 6.07) is 9.69. The van der Waals surface area contributed by atoms with Gasteiger partial charge in [0.05, 0.1) is 22.8 Å². The molecular weight excluding hydrogens is 493 g/mol. The molecule has 0 unspecified atom stereocenters. The molecule has 0 atom stereocenters. The van der Waals surface area contributed by atoms with E-state index in [-0.39, 0.29) is 10.8 Å². The monoisotopic (exact) mass is 513 g/mol.